The normalized spacial score (nSPS) is 18.1. The van der Waals surface area contributed by atoms with Gasteiger partial charge in [0, 0.05) is 19.1 Å². The Morgan fingerprint density at radius 3 is 2.60 bits per heavy atom. The van der Waals surface area contributed by atoms with Crippen LogP contribution in [-0.2, 0) is 10.0 Å². The van der Waals surface area contributed by atoms with E-state index in [4.69, 9.17) is 4.42 Å². The number of hydrogen-bond donors (Lipinski definition) is 1. The Balaban J connectivity index is 1.89. The van der Waals surface area contributed by atoms with Crippen LogP contribution in [0, 0.1) is 6.92 Å². The van der Waals surface area contributed by atoms with E-state index in [1.165, 1.54) is 10.6 Å². The highest BCUT2D eigenvalue weighted by Crippen LogP contribution is 2.16. The maximum atomic E-state index is 12.0. The Bertz CT molecular complexity index is 571. The van der Waals surface area contributed by atoms with Gasteiger partial charge in [0.05, 0.1) is 17.6 Å². The number of sulfonamides is 1. The minimum Gasteiger partial charge on any atom is -0.469 e. The number of nitrogens with zero attached hydrogens (tertiary/aromatic N) is 1. The first-order chi connectivity index (χ1) is 9.44. The Hall–Kier alpha value is -1.34. The first kappa shape index (κ1) is 15.1. The number of furan rings is 1. The first-order valence-electron chi connectivity index (χ1n) is 6.77. The molecule has 0 bridgehead atoms. The number of piperidine rings is 1. The van der Waals surface area contributed by atoms with Crippen LogP contribution in [0.25, 0.3) is 0 Å². The SMILES string of the molecule is CCS(=O)(=O)N1CCC(NC(=O)c2ccoc2C)CC1. The molecular formula is C13H20N2O4S. The second kappa shape index (κ2) is 5.97. The fourth-order valence-corrected chi connectivity index (χ4v) is 3.48. The van der Waals surface area contributed by atoms with Gasteiger partial charge >= 0.3 is 0 Å². The number of nitrogens with one attached hydrogen (secondary N) is 1. The van der Waals surface area contributed by atoms with E-state index in [0.29, 0.717) is 37.3 Å². The van der Waals surface area contributed by atoms with Crippen LogP contribution in [0.5, 0.6) is 0 Å². The van der Waals surface area contributed by atoms with Crippen molar-refractivity contribution in [2.75, 3.05) is 18.8 Å². The summed E-state index contributed by atoms with van der Waals surface area (Å²) in [5.41, 5.74) is 0.536. The van der Waals surface area contributed by atoms with Gasteiger partial charge in [0.2, 0.25) is 10.0 Å². The van der Waals surface area contributed by atoms with E-state index in [2.05, 4.69) is 5.32 Å². The third-order valence-corrected chi connectivity index (χ3v) is 5.53. The molecule has 1 aliphatic heterocycles. The predicted molar refractivity (Wildman–Crippen MR) is 75.0 cm³/mol. The summed E-state index contributed by atoms with van der Waals surface area (Å²) in [5.74, 6) is 0.555. The molecule has 0 radical (unpaired) electrons. The van der Waals surface area contributed by atoms with E-state index in [1.54, 1.807) is 19.9 Å². The molecule has 0 aromatic carbocycles. The Morgan fingerprint density at radius 1 is 1.45 bits per heavy atom. The summed E-state index contributed by atoms with van der Waals surface area (Å²) in [4.78, 5) is 12.0. The van der Waals surface area contributed by atoms with Crippen LogP contribution in [0.15, 0.2) is 16.7 Å². The van der Waals surface area contributed by atoms with Gasteiger partial charge in [-0.05, 0) is 32.8 Å². The number of aryl methyl sites for hydroxylation is 1. The molecule has 112 valence electrons. The molecule has 1 fully saturated rings. The van der Waals surface area contributed by atoms with Crippen LogP contribution in [0.3, 0.4) is 0 Å². The van der Waals surface area contributed by atoms with Crippen molar-refractivity contribution < 1.29 is 17.6 Å². The molecular weight excluding hydrogens is 280 g/mol. The molecule has 1 N–H and O–H groups in total. The molecule has 1 amide bonds. The molecule has 1 aromatic rings. The summed E-state index contributed by atoms with van der Waals surface area (Å²) in [5, 5.41) is 2.93. The predicted octanol–water partition coefficient (Wildman–Crippen LogP) is 1.13. The smallest absolute Gasteiger partial charge is 0.255 e. The number of carbonyl (C=O) groups is 1. The third-order valence-electron chi connectivity index (χ3n) is 3.65. The monoisotopic (exact) mass is 300 g/mol. The van der Waals surface area contributed by atoms with Gasteiger partial charge < -0.3 is 9.73 Å². The third kappa shape index (κ3) is 3.21. The van der Waals surface area contributed by atoms with E-state index in [1.807, 2.05) is 0 Å². The van der Waals surface area contributed by atoms with Crippen molar-refractivity contribution in [3.05, 3.63) is 23.7 Å². The molecule has 1 aromatic heterocycles. The zero-order chi connectivity index (χ0) is 14.8. The van der Waals surface area contributed by atoms with Crippen molar-refractivity contribution in [1.29, 1.82) is 0 Å². The van der Waals surface area contributed by atoms with Crippen LogP contribution < -0.4 is 5.32 Å². The highest BCUT2D eigenvalue weighted by Gasteiger charge is 2.27. The number of rotatable bonds is 4. The molecule has 1 aliphatic rings. The van der Waals surface area contributed by atoms with Crippen molar-refractivity contribution in [2.45, 2.75) is 32.7 Å². The molecule has 20 heavy (non-hydrogen) atoms. The fourth-order valence-electron chi connectivity index (χ4n) is 2.34. The highest BCUT2D eigenvalue weighted by molar-refractivity contribution is 7.89. The summed E-state index contributed by atoms with van der Waals surface area (Å²) in [6.45, 7) is 4.31. The maximum absolute atomic E-state index is 12.0. The molecule has 0 aliphatic carbocycles. The molecule has 0 unspecified atom stereocenters. The number of hydrogen-bond acceptors (Lipinski definition) is 4. The molecule has 6 nitrogen and oxygen atoms in total. The van der Waals surface area contributed by atoms with E-state index in [-0.39, 0.29) is 17.7 Å². The molecule has 2 heterocycles. The largest absolute Gasteiger partial charge is 0.469 e. The van der Waals surface area contributed by atoms with Crippen molar-refractivity contribution in [3.8, 4) is 0 Å². The van der Waals surface area contributed by atoms with Crippen molar-refractivity contribution in [3.63, 3.8) is 0 Å². The number of carbonyl (C=O) groups excluding carboxylic acids is 1. The standard InChI is InChI=1S/C13H20N2O4S/c1-3-20(17,18)15-7-4-11(5-8-15)14-13(16)12-6-9-19-10(12)2/h6,9,11H,3-5,7-8H2,1-2H3,(H,14,16). The van der Waals surface area contributed by atoms with Gasteiger partial charge in [-0.3, -0.25) is 4.79 Å². The summed E-state index contributed by atoms with van der Waals surface area (Å²) in [6, 6.07) is 1.65. The van der Waals surface area contributed by atoms with E-state index >= 15 is 0 Å². The van der Waals surface area contributed by atoms with Gasteiger partial charge in [-0.1, -0.05) is 0 Å². The van der Waals surface area contributed by atoms with Gasteiger partial charge in [0.25, 0.3) is 5.91 Å². The maximum Gasteiger partial charge on any atom is 0.255 e. The van der Waals surface area contributed by atoms with Gasteiger partial charge in [0.15, 0.2) is 0 Å². The second-order valence-corrected chi connectivity index (χ2v) is 7.20. The topological polar surface area (TPSA) is 79.6 Å². The molecule has 2 rings (SSSR count). The summed E-state index contributed by atoms with van der Waals surface area (Å²) < 4.78 is 30.1. The van der Waals surface area contributed by atoms with Gasteiger partial charge in [-0.25, -0.2) is 12.7 Å². The Labute approximate surface area is 119 Å². The lowest BCUT2D eigenvalue weighted by molar-refractivity contribution is 0.0922. The van der Waals surface area contributed by atoms with Crippen molar-refractivity contribution >= 4 is 15.9 Å². The minimum absolute atomic E-state index is 0.0140. The quantitative estimate of drug-likeness (QED) is 0.904. The van der Waals surface area contributed by atoms with E-state index < -0.39 is 10.0 Å². The fraction of sp³-hybridized carbons (Fsp3) is 0.615. The van der Waals surface area contributed by atoms with Crippen LogP contribution in [0.1, 0.15) is 35.9 Å². The lowest BCUT2D eigenvalue weighted by Gasteiger charge is -2.31. The van der Waals surface area contributed by atoms with Crippen LogP contribution in [-0.4, -0.2) is 43.5 Å². The van der Waals surface area contributed by atoms with E-state index in [9.17, 15) is 13.2 Å². The molecule has 1 saturated heterocycles. The summed E-state index contributed by atoms with van der Waals surface area (Å²) >= 11 is 0. The number of amides is 1. The molecule has 0 spiro atoms. The second-order valence-electron chi connectivity index (χ2n) is 4.94. The van der Waals surface area contributed by atoms with Crippen molar-refractivity contribution in [1.82, 2.24) is 9.62 Å². The summed E-state index contributed by atoms with van der Waals surface area (Å²) in [6.07, 6.45) is 2.77. The zero-order valence-electron chi connectivity index (χ0n) is 11.8. The van der Waals surface area contributed by atoms with Gasteiger partial charge in [0.1, 0.15) is 5.76 Å². The van der Waals surface area contributed by atoms with Crippen LogP contribution in [0.4, 0.5) is 0 Å². The minimum atomic E-state index is -3.12. The van der Waals surface area contributed by atoms with E-state index in [0.717, 1.165) is 0 Å². The van der Waals surface area contributed by atoms with Gasteiger partial charge in [-0.15, -0.1) is 0 Å². The molecule has 7 heteroatoms. The van der Waals surface area contributed by atoms with Crippen molar-refractivity contribution in [2.24, 2.45) is 0 Å². The molecule has 0 saturated carbocycles. The zero-order valence-corrected chi connectivity index (χ0v) is 12.6. The van der Waals surface area contributed by atoms with Crippen LogP contribution >= 0.6 is 0 Å². The average molecular weight is 300 g/mol. The average Bonchev–Trinajstić information content (AvgIpc) is 2.85. The lowest BCUT2D eigenvalue weighted by Crippen LogP contribution is -2.46. The Kier molecular flexibility index (Phi) is 4.49. The summed E-state index contributed by atoms with van der Waals surface area (Å²) in [7, 11) is -3.12. The van der Waals surface area contributed by atoms with Gasteiger partial charge in [-0.2, -0.15) is 0 Å². The first-order valence-corrected chi connectivity index (χ1v) is 8.37. The molecule has 0 atom stereocenters. The van der Waals surface area contributed by atoms with Crippen LogP contribution in [0.2, 0.25) is 0 Å². The lowest BCUT2D eigenvalue weighted by atomic mass is 10.1. The Morgan fingerprint density at radius 2 is 2.10 bits per heavy atom. The highest BCUT2D eigenvalue weighted by atomic mass is 32.2.